The van der Waals surface area contributed by atoms with Crippen LogP contribution in [0.5, 0.6) is 0 Å². The molecular weight excluding hydrogens is 143 g/mol. The number of nitrogens with one attached hydrogen (secondary N) is 1. The molecule has 1 atom stereocenters. The number of aliphatic carboxylic acids is 1. The van der Waals surface area contributed by atoms with Crippen molar-refractivity contribution < 1.29 is 14.5 Å². The second kappa shape index (κ2) is 4.49. The summed E-state index contributed by atoms with van der Waals surface area (Å²) in [5.74, 6) is -0.974. The van der Waals surface area contributed by atoms with Crippen molar-refractivity contribution in [2.24, 2.45) is 5.50 Å². The maximum Gasteiger partial charge on any atom is 0.317 e. The predicted molar refractivity (Wildman–Crippen MR) is 33.7 cm³/mol. The summed E-state index contributed by atoms with van der Waals surface area (Å²) in [4.78, 5) is 9.79. The molecule has 0 aliphatic heterocycles. The van der Waals surface area contributed by atoms with E-state index in [1.165, 1.54) is 0 Å². The lowest BCUT2D eigenvalue weighted by molar-refractivity contribution is -0.135. The van der Waals surface area contributed by atoms with E-state index >= 15 is 0 Å². The van der Waals surface area contributed by atoms with E-state index in [2.05, 4.69) is 5.32 Å². The van der Waals surface area contributed by atoms with Crippen LogP contribution in [0.25, 0.3) is 0 Å². The molecular formula is C3H9N2O3P. The molecule has 0 rings (SSSR count). The molecule has 0 spiro atoms. The van der Waals surface area contributed by atoms with Gasteiger partial charge in [-0.2, -0.15) is 0 Å². The maximum atomic E-state index is 10.1. The second-order valence-corrected chi connectivity index (χ2v) is 2.75. The Morgan fingerprint density at radius 2 is 2.33 bits per heavy atom. The SMILES string of the molecule is N[PH](=O)CNCC(=O)O. The minimum atomic E-state index is -2.05. The van der Waals surface area contributed by atoms with Gasteiger partial charge in [-0.1, -0.05) is 0 Å². The molecule has 0 aliphatic rings. The summed E-state index contributed by atoms with van der Waals surface area (Å²) < 4.78 is 10.1. The maximum absolute atomic E-state index is 10.1. The van der Waals surface area contributed by atoms with Crippen LogP contribution in [0.4, 0.5) is 0 Å². The highest BCUT2D eigenvalue weighted by molar-refractivity contribution is 7.41. The minimum Gasteiger partial charge on any atom is -0.480 e. The van der Waals surface area contributed by atoms with Crippen molar-refractivity contribution in [3.05, 3.63) is 0 Å². The Morgan fingerprint density at radius 3 is 2.67 bits per heavy atom. The molecule has 0 saturated carbocycles. The minimum absolute atomic E-state index is 0.0942. The third-order valence-electron chi connectivity index (χ3n) is 0.575. The van der Waals surface area contributed by atoms with Gasteiger partial charge >= 0.3 is 5.97 Å². The van der Waals surface area contributed by atoms with Crippen LogP contribution in [0.1, 0.15) is 0 Å². The van der Waals surface area contributed by atoms with Gasteiger partial charge in [0.25, 0.3) is 0 Å². The van der Waals surface area contributed by atoms with Crippen molar-refractivity contribution in [1.82, 2.24) is 5.32 Å². The Labute approximate surface area is 53.1 Å². The Balaban J connectivity index is 3.10. The van der Waals surface area contributed by atoms with Crippen molar-refractivity contribution in [2.45, 2.75) is 0 Å². The Hall–Kier alpha value is -0.380. The Bertz CT molecular complexity index is 112. The first-order valence-electron chi connectivity index (χ1n) is 2.33. The molecule has 5 nitrogen and oxygen atoms in total. The molecule has 0 aromatic heterocycles. The monoisotopic (exact) mass is 152 g/mol. The average molecular weight is 152 g/mol. The number of hydrogen-bond acceptors (Lipinski definition) is 3. The second-order valence-electron chi connectivity index (χ2n) is 1.46. The summed E-state index contributed by atoms with van der Waals surface area (Å²) in [7, 11) is -2.05. The lowest BCUT2D eigenvalue weighted by Crippen LogP contribution is -2.22. The summed E-state index contributed by atoms with van der Waals surface area (Å²) in [6.07, 6.45) is 0.0942. The molecule has 6 heteroatoms. The van der Waals surface area contributed by atoms with Gasteiger partial charge in [0.2, 0.25) is 0 Å². The van der Waals surface area contributed by atoms with E-state index < -0.39 is 13.9 Å². The van der Waals surface area contributed by atoms with Crippen LogP contribution in [0.15, 0.2) is 0 Å². The molecule has 0 aromatic rings. The van der Waals surface area contributed by atoms with Crippen LogP contribution in [0, 0.1) is 0 Å². The van der Waals surface area contributed by atoms with Gasteiger partial charge in [-0.3, -0.25) is 15.6 Å². The third-order valence-corrected chi connectivity index (χ3v) is 1.17. The van der Waals surface area contributed by atoms with E-state index in [0.717, 1.165) is 0 Å². The summed E-state index contributed by atoms with van der Waals surface area (Å²) in [6.45, 7) is -0.187. The van der Waals surface area contributed by atoms with Gasteiger partial charge in [0.1, 0.15) is 7.95 Å². The van der Waals surface area contributed by atoms with E-state index in [0.29, 0.717) is 0 Å². The van der Waals surface area contributed by atoms with Gasteiger partial charge in [-0.05, 0) is 0 Å². The molecule has 0 bridgehead atoms. The summed E-state index contributed by atoms with van der Waals surface area (Å²) in [5, 5.41) is 10.4. The molecule has 0 amide bonds. The molecule has 1 unspecified atom stereocenters. The fourth-order valence-corrected chi connectivity index (χ4v) is 0.664. The zero-order valence-electron chi connectivity index (χ0n) is 4.76. The molecule has 0 aliphatic carbocycles. The van der Waals surface area contributed by atoms with Crippen LogP contribution in [0.2, 0.25) is 0 Å². The van der Waals surface area contributed by atoms with Crippen molar-refractivity contribution in [3.8, 4) is 0 Å². The molecule has 9 heavy (non-hydrogen) atoms. The van der Waals surface area contributed by atoms with Gasteiger partial charge in [-0.25, -0.2) is 0 Å². The molecule has 0 radical (unpaired) electrons. The number of rotatable bonds is 4. The van der Waals surface area contributed by atoms with Crippen molar-refractivity contribution in [3.63, 3.8) is 0 Å². The quantitative estimate of drug-likeness (QED) is 0.452. The van der Waals surface area contributed by atoms with Crippen molar-refractivity contribution >= 4 is 13.9 Å². The summed E-state index contributed by atoms with van der Waals surface area (Å²) in [6, 6.07) is 0. The zero-order valence-corrected chi connectivity index (χ0v) is 5.76. The molecule has 0 fully saturated rings. The Kier molecular flexibility index (Phi) is 4.30. The van der Waals surface area contributed by atoms with E-state index in [-0.39, 0.29) is 12.8 Å². The number of carbonyl (C=O) groups is 1. The van der Waals surface area contributed by atoms with Crippen LogP contribution >= 0.6 is 7.95 Å². The van der Waals surface area contributed by atoms with E-state index in [9.17, 15) is 9.36 Å². The number of carboxylic acid groups (broad SMARTS) is 1. The van der Waals surface area contributed by atoms with E-state index in [4.69, 9.17) is 10.6 Å². The van der Waals surface area contributed by atoms with Crippen molar-refractivity contribution in [2.75, 3.05) is 12.8 Å². The molecule has 0 aromatic carbocycles. The number of carboxylic acids is 1. The Morgan fingerprint density at radius 1 is 1.78 bits per heavy atom. The standard InChI is InChI=1S/C3H9N2O3P/c4-9(8)2-5-1-3(6)7/h5,9H,1-2H2,(H2,4,8)(H,6,7). The third kappa shape index (κ3) is 7.62. The highest BCUT2D eigenvalue weighted by Crippen LogP contribution is 2.01. The molecule has 0 heterocycles. The van der Waals surface area contributed by atoms with Crippen LogP contribution in [0.3, 0.4) is 0 Å². The first kappa shape index (κ1) is 8.62. The first-order valence-corrected chi connectivity index (χ1v) is 4.03. The van der Waals surface area contributed by atoms with Crippen molar-refractivity contribution in [1.29, 1.82) is 0 Å². The van der Waals surface area contributed by atoms with E-state index in [1.54, 1.807) is 0 Å². The predicted octanol–water partition coefficient (Wildman–Crippen LogP) is -0.949. The number of hydrogen-bond donors (Lipinski definition) is 3. The largest absolute Gasteiger partial charge is 0.480 e. The van der Waals surface area contributed by atoms with Crippen LogP contribution < -0.4 is 10.8 Å². The van der Waals surface area contributed by atoms with Crippen LogP contribution in [-0.2, 0) is 9.36 Å². The normalized spacial score (nSPS) is 13.0. The van der Waals surface area contributed by atoms with Gasteiger partial charge < -0.3 is 9.67 Å². The highest BCUT2D eigenvalue weighted by Gasteiger charge is 1.94. The van der Waals surface area contributed by atoms with Gasteiger partial charge in [-0.15, -0.1) is 0 Å². The molecule has 4 N–H and O–H groups in total. The van der Waals surface area contributed by atoms with Gasteiger partial charge in [0.15, 0.2) is 0 Å². The smallest absolute Gasteiger partial charge is 0.317 e. The zero-order chi connectivity index (χ0) is 7.28. The van der Waals surface area contributed by atoms with E-state index in [1.807, 2.05) is 0 Å². The summed E-state index contributed by atoms with van der Waals surface area (Å²) >= 11 is 0. The lowest BCUT2D eigenvalue weighted by atomic mass is 10.7. The highest BCUT2D eigenvalue weighted by atomic mass is 31.1. The first-order chi connectivity index (χ1) is 4.13. The molecule has 0 saturated heterocycles. The fraction of sp³-hybridized carbons (Fsp3) is 0.667. The fourth-order valence-electron chi connectivity index (χ4n) is 0.293. The molecule has 54 valence electrons. The lowest BCUT2D eigenvalue weighted by Gasteiger charge is -1.95. The van der Waals surface area contributed by atoms with Gasteiger partial charge in [0, 0.05) is 0 Å². The average Bonchev–Trinajstić information content (AvgIpc) is 1.63. The topological polar surface area (TPSA) is 92.4 Å². The summed E-state index contributed by atoms with van der Waals surface area (Å²) in [5.41, 5.74) is 4.87. The van der Waals surface area contributed by atoms with Gasteiger partial charge in [0.05, 0.1) is 12.8 Å². The number of nitrogens with two attached hydrogens (primary N) is 1. The van der Waals surface area contributed by atoms with Crippen LogP contribution in [-0.4, -0.2) is 23.9 Å².